The molecule has 1 saturated heterocycles. The Bertz CT molecular complexity index is 253. The molecule has 1 heterocycles. The summed E-state index contributed by atoms with van der Waals surface area (Å²) >= 11 is 0. The second-order valence-corrected chi connectivity index (χ2v) is 3.28. The topological polar surface area (TPSA) is 58.6 Å². The lowest BCUT2D eigenvalue weighted by Crippen LogP contribution is -2.52. The Kier molecular flexibility index (Phi) is 4.83. The van der Waals surface area contributed by atoms with Gasteiger partial charge in [-0.3, -0.25) is 9.59 Å². The van der Waals surface area contributed by atoms with Gasteiger partial charge in [0.1, 0.15) is 0 Å². The number of amides is 2. The van der Waals surface area contributed by atoms with Crippen molar-refractivity contribution in [2.45, 2.75) is 6.42 Å². The van der Waals surface area contributed by atoms with Gasteiger partial charge in [-0.1, -0.05) is 6.08 Å². The number of carbonyl (C=O) groups is 2. The first-order chi connectivity index (χ1) is 7.24. The summed E-state index contributed by atoms with van der Waals surface area (Å²) in [7, 11) is 0. The predicted molar refractivity (Wildman–Crippen MR) is 55.2 cm³/mol. The smallest absolute Gasteiger partial charge is 0.242 e. The van der Waals surface area contributed by atoms with Crippen LogP contribution in [0.15, 0.2) is 12.7 Å². The van der Waals surface area contributed by atoms with E-state index in [-0.39, 0.29) is 24.9 Å². The van der Waals surface area contributed by atoms with Crippen LogP contribution in [0.1, 0.15) is 6.42 Å². The molecule has 0 aromatic heterocycles. The van der Waals surface area contributed by atoms with Gasteiger partial charge in [0.2, 0.25) is 11.8 Å². The van der Waals surface area contributed by atoms with Gasteiger partial charge in [-0.2, -0.15) is 0 Å². The van der Waals surface area contributed by atoms with Crippen molar-refractivity contribution in [2.24, 2.45) is 0 Å². The SMILES string of the molecule is C=CCCOCCN1CC(=O)NCC1=O. The maximum absolute atomic E-state index is 11.3. The molecule has 0 aliphatic carbocycles. The number of ether oxygens (including phenoxy) is 1. The zero-order chi connectivity index (χ0) is 11.1. The fourth-order valence-electron chi connectivity index (χ4n) is 1.25. The van der Waals surface area contributed by atoms with Gasteiger partial charge < -0.3 is 15.0 Å². The molecule has 0 spiro atoms. The molecule has 1 rings (SSSR count). The van der Waals surface area contributed by atoms with Crippen molar-refractivity contribution >= 4 is 11.8 Å². The normalized spacial score (nSPS) is 16.4. The summed E-state index contributed by atoms with van der Waals surface area (Å²) in [6.07, 6.45) is 2.58. The molecule has 1 aliphatic rings. The number of hydrogen-bond acceptors (Lipinski definition) is 3. The van der Waals surface area contributed by atoms with E-state index in [1.807, 2.05) is 0 Å². The van der Waals surface area contributed by atoms with Gasteiger partial charge in [0.05, 0.1) is 26.3 Å². The van der Waals surface area contributed by atoms with E-state index in [9.17, 15) is 9.59 Å². The van der Waals surface area contributed by atoms with Crippen LogP contribution < -0.4 is 5.32 Å². The summed E-state index contributed by atoms with van der Waals surface area (Å²) in [5.74, 6) is -0.164. The average Bonchev–Trinajstić information content (AvgIpc) is 2.23. The van der Waals surface area contributed by atoms with Crippen molar-refractivity contribution < 1.29 is 14.3 Å². The lowest BCUT2D eigenvalue weighted by Gasteiger charge is -2.26. The van der Waals surface area contributed by atoms with Crippen LogP contribution in [0.5, 0.6) is 0 Å². The molecule has 84 valence electrons. The molecule has 0 saturated carbocycles. The van der Waals surface area contributed by atoms with Crippen molar-refractivity contribution in [1.29, 1.82) is 0 Å². The Labute approximate surface area is 89.1 Å². The summed E-state index contributed by atoms with van der Waals surface area (Å²) in [6.45, 7) is 5.37. The minimum absolute atomic E-state index is 0.0538. The highest BCUT2D eigenvalue weighted by Crippen LogP contribution is 1.95. The lowest BCUT2D eigenvalue weighted by atomic mass is 10.3. The number of piperazine rings is 1. The zero-order valence-electron chi connectivity index (χ0n) is 8.70. The Morgan fingerprint density at radius 1 is 1.47 bits per heavy atom. The fourth-order valence-corrected chi connectivity index (χ4v) is 1.25. The second kappa shape index (κ2) is 6.19. The van der Waals surface area contributed by atoms with E-state index in [2.05, 4.69) is 11.9 Å². The van der Waals surface area contributed by atoms with Crippen molar-refractivity contribution in [1.82, 2.24) is 10.2 Å². The summed E-state index contributed by atoms with van der Waals surface area (Å²) in [5.41, 5.74) is 0. The quantitative estimate of drug-likeness (QED) is 0.478. The first-order valence-electron chi connectivity index (χ1n) is 4.97. The number of carbonyl (C=O) groups excluding carboxylic acids is 2. The first-order valence-corrected chi connectivity index (χ1v) is 4.97. The molecule has 15 heavy (non-hydrogen) atoms. The number of rotatable bonds is 6. The first kappa shape index (κ1) is 11.7. The average molecular weight is 212 g/mol. The maximum Gasteiger partial charge on any atom is 0.242 e. The highest BCUT2D eigenvalue weighted by Gasteiger charge is 2.22. The van der Waals surface area contributed by atoms with Crippen LogP contribution in [0, 0.1) is 0 Å². The molecular formula is C10H16N2O3. The fraction of sp³-hybridized carbons (Fsp3) is 0.600. The molecule has 0 aromatic carbocycles. The molecule has 5 heteroatoms. The minimum atomic E-state index is -0.110. The van der Waals surface area contributed by atoms with Gasteiger partial charge in [0.15, 0.2) is 0 Å². The summed E-state index contributed by atoms with van der Waals surface area (Å²) in [6, 6.07) is 0. The maximum atomic E-state index is 11.3. The van der Waals surface area contributed by atoms with Gasteiger partial charge in [0.25, 0.3) is 0 Å². The predicted octanol–water partition coefficient (Wildman–Crippen LogP) is -0.462. The zero-order valence-corrected chi connectivity index (χ0v) is 8.70. The third-order valence-corrected chi connectivity index (χ3v) is 2.10. The molecule has 0 aromatic rings. The van der Waals surface area contributed by atoms with E-state index in [1.165, 1.54) is 4.90 Å². The van der Waals surface area contributed by atoms with Crippen LogP contribution in [-0.2, 0) is 14.3 Å². The van der Waals surface area contributed by atoms with Gasteiger partial charge in [-0.15, -0.1) is 6.58 Å². The van der Waals surface area contributed by atoms with Crippen LogP contribution in [0.3, 0.4) is 0 Å². The molecular weight excluding hydrogens is 196 g/mol. The van der Waals surface area contributed by atoms with E-state index in [1.54, 1.807) is 6.08 Å². The van der Waals surface area contributed by atoms with Crippen LogP contribution in [-0.4, -0.2) is 49.6 Å². The molecule has 1 N–H and O–H groups in total. The molecule has 0 radical (unpaired) electrons. The van der Waals surface area contributed by atoms with E-state index in [4.69, 9.17) is 4.74 Å². The Hall–Kier alpha value is -1.36. The second-order valence-electron chi connectivity index (χ2n) is 3.28. The van der Waals surface area contributed by atoms with Gasteiger partial charge in [0, 0.05) is 6.54 Å². The standard InChI is InChI=1S/C10H16N2O3/c1-2-3-5-15-6-4-12-8-9(13)11-7-10(12)14/h2H,1,3-8H2,(H,11,13). The summed E-state index contributed by atoms with van der Waals surface area (Å²) < 4.78 is 5.26. The Morgan fingerprint density at radius 2 is 2.27 bits per heavy atom. The van der Waals surface area contributed by atoms with Gasteiger partial charge >= 0.3 is 0 Å². The van der Waals surface area contributed by atoms with Crippen LogP contribution in [0.4, 0.5) is 0 Å². The molecule has 1 aliphatic heterocycles. The van der Waals surface area contributed by atoms with Crippen LogP contribution in [0.2, 0.25) is 0 Å². The molecule has 0 atom stereocenters. The van der Waals surface area contributed by atoms with E-state index < -0.39 is 0 Å². The largest absolute Gasteiger partial charge is 0.379 e. The third kappa shape index (κ3) is 4.12. The number of nitrogens with zero attached hydrogens (tertiary/aromatic N) is 1. The van der Waals surface area contributed by atoms with Gasteiger partial charge in [-0.25, -0.2) is 0 Å². The highest BCUT2D eigenvalue weighted by atomic mass is 16.5. The molecule has 0 bridgehead atoms. The Morgan fingerprint density at radius 3 is 3.00 bits per heavy atom. The van der Waals surface area contributed by atoms with Crippen LogP contribution >= 0.6 is 0 Å². The molecule has 2 amide bonds. The molecule has 0 unspecified atom stereocenters. The minimum Gasteiger partial charge on any atom is -0.379 e. The van der Waals surface area contributed by atoms with Crippen molar-refractivity contribution in [3.63, 3.8) is 0 Å². The van der Waals surface area contributed by atoms with E-state index >= 15 is 0 Å². The third-order valence-electron chi connectivity index (χ3n) is 2.10. The van der Waals surface area contributed by atoms with E-state index in [0.717, 1.165) is 6.42 Å². The number of nitrogens with one attached hydrogen (secondary N) is 1. The monoisotopic (exact) mass is 212 g/mol. The van der Waals surface area contributed by atoms with Crippen LogP contribution in [0.25, 0.3) is 0 Å². The van der Waals surface area contributed by atoms with Crippen molar-refractivity contribution in [3.8, 4) is 0 Å². The van der Waals surface area contributed by atoms with Crippen molar-refractivity contribution in [2.75, 3.05) is 32.8 Å². The Balaban J connectivity index is 2.16. The molecule has 5 nitrogen and oxygen atoms in total. The summed E-state index contributed by atoms with van der Waals surface area (Å²) in [4.78, 5) is 23.8. The lowest BCUT2D eigenvalue weighted by molar-refractivity contribution is -0.141. The molecule has 1 fully saturated rings. The summed E-state index contributed by atoms with van der Waals surface area (Å²) in [5, 5.41) is 2.49. The van der Waals surface area contributed by atoms with Crippen molar-refractivity contribution in [3.05, 3.63) is 12.7 Å². The highest BCUT2D eigenvalue weighted by molar-refractivity contribution is 5.92. The number of hydrogen-bond donors (Lipinski definition) is 1. The van der Waals surface area contributed by atoms with Gasteiger partial charge in [-0.05, 0) is 6.42 Å². The van der Waals surface area contributed by atoms with E-state index in [0.29, 0.717) is 19.8 Å².